The number of aryl methyl sites for hydroxylation is 1. The lowest BCUT2D eigenvalue weighted by Gasteiger charge is -2.19. The lowest BCUT2D eigenvalue weighted by Crippen LogP contribution is -2.20. The van der Waals surface area contributed by atoms with Crippen molar-refractivity contribution in [2.24, 2.45) is 0 Å². The van der Waals surface area contributed by atoms with E-state index in [2.05, 4.69) is 11.4 Å². The summed E-state index contributed by atoms with van der Waals surface area (Å²) in [5.41, 5.74) is 2.80. The van der Waals surface area contributed by atoms with Gasteiger partial charge in [0.2, 0.25) is 0 Å². The van der Waals surface area contributed by atoms with Crippen molar-refractivity contribution < 1.29 is 9.13 Å². The normalized spacial score (nSPS) is 12.2. The Morgan fingerprint density at radius 3 is 2.62 bits per heavy atom. The Labute approximate surface area is 129 Å². The summed E-state index contributed by atoms with van der Waals surface area (Å²) >= 11 is 5.81. The highest BCUT2D eigenvalue weighted by Crippen LogP contribution is 2.28. The van der Waals surface area contributed by atoms with Crippen molar-refractivity contribution in [2.45, 2.75) is 19.4 Å². The van der Waals surface area contributed by atoms with Gasteiger partial charge in [-0.3, -0.25) is 0 Å². The molecule has 0 aliphatic heterocycles. The van der Waals surface area contributed by atoms with Crippen molar-refractivity contribution in [3.8, 4) is 5.75 Å². The molecule has 0 heterocycles. The van der Waals surface area contributed by atoms with E-state index in [0.29, 0.717) is 17.0 Å². The molecule has 0 bridgehead atoms. The number of likely N-dealkylation sites (N-methyl/N-ethyl adjacent to an activating group) is 1. The van der Waals surface area contributed by atoms with Crippen molar-refractivity contribution in [1.82, 2.24) is 5.32 Å². The minimum atomic E-state index is -0.298. The molecule has 2 nitrogen and oxygen atoms in total. The molecule has 1 atom stereocenters. The van der Waals surface area contributed by atoms with Crippen molar-refractivity contribution in [3.05, 3.63) is 63.9 Å². The maximum atomic E-state index is 14.1. The number of ether oxygens (including phenoxy) is 1. The molecule has 2 aromatic rings. The Kier molecular flexibility index (Phi) is 5.21. The molecule has 0 spiro atoms. The molecule has 0 radical (unpaired) electrons. The van der Waals surface area contributed by atoms with Gasteiger partial charge in [-0.2, -0.15) is 0 Å². The van der Waals surface area contributed by atoms with Gasteiger partial charge in [0, 0.05) is 16.6 Å². The number of hydrogen-bond acceptors (Lipinski definition) is 2. The third kappa shape index (κ3) is 3.74. The van der Waals surface area contributed by atoms with E-state index in [1.807, 2.05) is 26.1 Å². The zero-order chi connectivity index (χ0) is 15.4. The highest BCUT2D eigenvalue weighted by atomic mass is 35.5. The number of nitrogens with one attached hydrogen (secondary N) is 1. The summed E-state index contributed by atoms with van der Waals surface area (Å²) in [6.07, 6.45) is 0.639. The largest absolute Gasteiger partial charge is 0.496 e. The smallest absolute Gasteiger partial charge is 0.129 e. The Balaban J connectivity index is 2.33. The zero-order valence-corrected chi connectivity index (χ0v) is 13.2. The maximum Gasteiger partial charge on any atom is 0.129 e. The molecule has 0 amide bonds. The molecule has 2 aromatic carbocycles. The molecule has 21 heavy (non-hydrogen) atoms. The van der Waals surface area contributed by atoms with Gasteiger partial charge in [0.1, 0.15) is 11.6 Å². The number of rotatable bonds is 5. The van der Waals surface area contributed by atoms with E-state index in [9.17, 15) is 4.39 Å². The van der Waals surface area contributed by atoms with Gasteiger partial charge in [0.25, 0.3) is 0 Å². The highest BCUT2D eigenvalue weighted by molar-refractivity contribution is 6.30. The van der Waals surface area contributed by atoms with E-state index >= 15 is 0 Å². The number of methoxy groups -OCH3 is 1. The van der Waals surface area contributed by atoms with E-state index in [1.165, 1.54) is 6.07 Å². The molecular formula is C17H19ClFNO. The molecule has 4 heteroatoms. The first-order valence-corrected chi connectivity index (χ1v) is 7.18. The van der Waals surface area contributed by atoms with Crippen LogP contribution in [-0.4, -0.2) is 14.2 Å². The fourth-order valence-electron chi connectivity index (χ4n) is 2.44. The SMILES string of the molecule is CNC(Cc1cc(C)ccc1OC)c1ccc(Cl)cc1F. The van der Waals surface area contributed by atoms with Crippen LogP contribution in [0, 0.1) is 12.7 Å². The van der Waals surface area contributed by atoms with Gasteiger partial charge >= 0.3 is 0 Å². The van der Waals surface area contributed by atoms with Crippen molar-refractivity contribution in [1.29, 1.82) is 0 Å². The molecule has 112 valence electrons. The van der Waals surface area contributed by atoms with Gasteiger partial charge in [0.15, 0.2) is 0 Å². The Bertz CT molecular complexity index is 630. The minimum Gasteiger partial charge on any atom is -0.496 e. The van der Waals surface area contributed by atoms with Crippen LogP contribution in [0.3, 0.4) is 0 Å². The molecule has 0 saturated carbocycles. The van der Waals surface area contributed by atoms with Crippen LogP contribution in [0.1, 0.15) is 22.7 Å². The molecule has 1 N–H and O–H groups in total. The molecule has 1 unspecified atom stereocenters. The summed E-state index contributed by atoms with van der Waals surface area (Å²) in [5, 5.41) is 3.56. The van der Waals surface area contributed by atoms with Crippen molar-refractivity contribution in [3.63, 3.8) is 0 Å². The second kappa shape index (κ2) is 6.92. The van der Waals surface area contributed by atoms with Gasteiger partial charge in [-0.25, -0.2) is 4.39 Å². The molecular weight excluding hydrogens is 289 g/mol. The first-order chi connectivity index (χ1) is 10.0. The van der Waals surface area contributed by atoms with E-state index < -0.39 is 0 Å². The second-order valence-electron chi connectivity index (χ2n) is 5.03. The maximum absolute atomic E-state index is 14.1. The fraction of sp³-hybridized carbons (Fsp3) is 0.294. The standard InChI is InChI=1S/C17H19ClFNO/c1-11-4-7-17(21-3)12(8-11)9-16(20-2)14-6-5-13(18)10-15(14)19/h4-8,10,16,20H,9H2,1-3H3. The van der Waals surface area contributed by atoms with Gasteiger partial charge in [-0.1, -0.05) is 35.4 Å². The Morgan fingerprint density at radius 1 is 1.24 bits per heavy atom. The molecule has 0 fully saturated rings. The fourth-order valence-corrected chi connectivity index (χ4v) is 2.60. The molecule has 0 aliphatic carbocycles. The van der Waals surface area contributed by atoms with Gasteiger partial charge in [-0.05, 0) is 44.2 Å². The summed E-state index contributed by atoms with van der Waals surface area (Å²) < 4.78 is 19.5. The van der Waals surface area contributed by atoms with Crippen LogP contribution in [0.4, 0.5) is 4.39 Å². The van der Waals surface area contributed by atoms with E-state index in [4.69, 9.17) is 16.3 Å². The first-order valence-electron chi connectivity index (χ1n) is 6.81. The summed E-state index contributed by atoms with van der Waals surface area (Å²) in [5.74, 6) is 0.517. The van der Waals surface area contributed by atoms with Crippen molar-refractivity contribution in [2.75, 3.05) is 14.2 Å². The van der Waals surface area contributed by atoms with Crippen LogP contribution >= 0.6 is 11.6 Å². The van der Waals surface area contributed by atoms with Crippen LogP contribution in [0.5, 0.6) is 5.75 Å². The second-order valence-corrected chi connectivity index (χ2v) is 5.46. The molecule has 0 aromatic heterocycles. The van der Waals surface area contributed by atoms with Crippen LogP contribution in [0.2, 0.25) is 5.02 Å². The molecule has 0 saturated heterocycles. The van der Waals surface area contributed by atoms with E-state index in [0.717, 1.165) is 16.9 Å². The summed E-state index contributed by atoms with van der Waals surface area (Å²) in [6.45, 7) is 2.03. The lowest BCUT2D eigenvalue weighted by atomic mass is 9.97. The zero-order valence-electron chi connectivity index (χ0n) is 12.4. The average molecular weight is 308 g/mol. The summed E-state index contributed by atoms with van der Waals surface area (Å²) in [6, 6.07) is 10.6. The van der Waals surface area contributed by atoms with Gasteiger partial charge in [-0.15, -0.1) is 0 Å². The predicted octanol–water partition coefficient (Wildman–Crippen LogP) is 4.30. The van der Waals surface area contributed by atoms with E-state index in [-0.39, 0.29) is 11.9 Å². The van der Waals surface area contributed by atoms with Crippen LogP contribution in [-0.2, 0) is 6.42 Å². The highest BCUT2D eigenvalue weighted by Gasteiger charge is 2.17. The van der Waals surface area contributed by atoms with Gasteiger partial charge < -0.3 is 10.1 Å². The number of benzene rings is 2. The quantitative estimate of drug-likeness (QED) is 0.889. The average Bonchev–Trinajstić information content (AvgIpc) is 2.45. The Hall–Kier alpha value is -1.58. The third-order valence-corrected chi connectivity index (χ3v) is 3.78. The minimum absolute atomic E-state index is 0.141. The number of hydrogen-bond donors (Lipinski definition) is 1. The van der Waals surface area contributed by atoms with Crippen LogP contribution < -0.4 is 10.1 Å². The van der Waals surface area contributed by atoms with Crippen LogP contribution in [0.25, 0.3) is 0 Å². The first kappa shape index (κ1) is 15.8. The van der Waals surface area contributed by atoms with Crippen molar-refractivity contribution >= 4 is 11.6 Å². The van der Waals surface area contributed by atoms with Gasteiger partial charge in [0.05, 0.1) is 7.11 Å². The van der Waals surface area contributed by atoms with E-state index in [1.54, 1.807) is 19.2 Å². The Morgan fingerprint density at radius 2 is 2.00 bits per heavy atom. The summed E-state index contributed by atoms with van der Waals surface area (Å²) in [4.78, 5) is 0. The number of halogens is 2. The molecule has 0 aliphatic rings. The predicted molar refractivity (Wildman–Crippen MR) is 84.6 cm³/mol. The third-order valence-electron chi connectivity index (χ3n) is 3.55. The molecule has 2 rings (SSSR count). The summed E-state index contributed by atoms with van der Waals surface area (Å²) in [7, 11) is 3.46. The topological polar surface area (TPSA) is 21.3 Å². The van der Waals surface area contributed by atoms with Crippen LogP contribution in [0.15, 0.2) is 36.4 Å². The monoisotopic (exact) mass is 307 g/mol. The lowest BCUT2D eigenvalue weighted by molar-refractivity contribution is 0.405.